The van der Waals surface area contributed by atoms with E-state index >= 15 is 0 Å². The lowest BCUT2D eigenvalue weighted by Crippen LogP contribution is -2.12. The van der Waals surface area contributed by atoms with E-state index in [-0.39, 0.29) is 11.9 Å². The fraction of sp³-hybridized carbons (Fsp3) is 0.875. The molecule has 2 atom stereocenters. The maximum Gasteiger partial charge on any atom is 0.308 e. The number of carbonyl (C=O) groups is 1. The van der Waals surface area contributed by atoms with Crippen molar-refractivity contribution in [2.24, 2.45) is 11.8 Å². The van der Waals surface area contributed by atoms with Gasteiger partial charge in [-0.1, -0.05) is 15.9 Å². The van der Waals surface area contributed by atoms with Gasteiger partial charge in [-0.15, -0.1) is 0 Å². The van der Waals surface area contributed by atoms with E-state index in [1.54, 1.807) is 0 Å². The summed E-state index contributed by atoms with van der Waals surface area (Å²) in [5.74, 6) is 0.815. The highest BCUT2D eigenvalue weighted by Gasteiger charge is 2.29. The molecule has 0 saturated heterocycles. The first-order chi connectivity index (χ1) is 5.27. The number of carbonyl (C=O) groups excluding carboxylic acids is 1. The van der Waals surface area contributed by atoms with Gasteiger partial charge in [-0.3, -0.25) is 4.79 Å². The summed E-state index contributed by atoms with van der Waals surface area (Å²) < 4.78 is 4.67. The first kappa shape index (κ1) is 9.04. The van der Waals surface area contributed by atoms with Crippen molar-refractivity contribution in [3.63, 3.8) is 0 Å². The third kappa shape index (κ3) is 2.19. The molecular weight excluding hydrogens is 208 g/mol. The monoisotopic (exact) mass is 220 g/mol. The van der Waals surface area contributed by atoms with E-state index in [4.69, 9.17) is 0 Å². The number of rotatable bonds is 2. The van der Waals surface area contributed by atoms with Gasteiger partial charge in [0.1, 0.15) is 0 Å². The van der Waals surface area contributed by atoms with Crippen LogP contribution in [0.25, 0.3) is 0 Å². The zero-order valence-corrected chi connectivity index (χ0v) is 8.26. The molecule has 1 fully saturated rings. The molecule has 11 heavy (non-hydrogen) atoms. The summed E-state index contributed by atoms with van der Waals surface area (Å²) in [4.78, 5) is 11.0. The van der Waals surface area contributed by atoms with Gasteiger partial charge in [-0.05, 0) is 25.2 Å². The van der Waals surface area contributed by atoms with Gasteiger partial charge in [0.25, 0.3) is 0 Å². The van der Waals surface area contributed by atoms with Crippen molar-refractivity contribution < 1.29 is 9.53 Å². The van der Waals surface area contributed by atoms with Crippen LogP contribution in [0.5, 0.6) is 0 Å². The number of methoxy groups -OCH3 is 1. The number of hydrogen-bond acceptors (Lipinski definition) is 2. The van der Waals surface area contributed by atoms with Crippen molar-refractivity contribution in [3.8, 4) is 0 Å². The Morgan fingerprint density at radius 1 is 1.64 bits per heavy atom. The minimum atomic E-state index is -0.0338. The van der Waals surface area contributed by atoms with Gasteiger partial charge in [-0.25, -0.2) is 0 Å². The van der Waals surface area contributed by atoms with Crippen molar-refractivity contribution in [2.75, 3.05) is 12.4 Å². The van der Waals surface area contributed by atoms with Crippen LogP contribution in [0.2, 0.25) is 0 Å². The van der Waals surface area contributed by atoms with Crippen molar-refractivity contribution in [3.05, 3.63) is 0 Å². The summed E-state index contributed by atoms with van der Waals surface area (Å²) >= 11 is 3.42. The van der Waals surface area contributed by atoms with Gasteiger partial charge in [0, 0.05) is 5.33 Å². The quantitative estimate of drug-likeness (QED) is 0.526. The van der Waals surface area contributed by atoms with Crippen LogP contribution < -0.4 is 0 Å². The Morgan fingerprint density at radius 2 is 2.36 bits per heavy atom. The highest BCUT2D eigenvalue weighted by Crippen LogP contribution is 2.32. The topological polar surface area (TPSA) is 26.3 Å². The van der Waals surface area contributed by atoms with E-state index in [1.165, 1.54) is 7.11 Å². The predicted octanol–water partition coefficient (Wildman–Crippen LogP) is 1.97. The number of halogens is 1. The van der Waals surface area contributed by atoms with Gasteiger partial charge in [0.05, 0.1) is 13.0 Å². The zero-order chi connectivity index (χ0) is 8.27. The SMILES string of the molecule is COC(=O)C1CCC(CBr)C1. The summed E-state index contributed by atoms with van der Waals surface area (Å²) in [7, 11) is 1.46. The third-order valence-electron chi connectivity index (χ3n) is 2.29. The molecular formula is C8H13BrO2. The average molecular weight is 221 g/mol. The molecule has 0 aliphatic heterocycles. The molecule has 0 bridgehead atoms. The molecule has 0 spiro atoms. The van der Waals surface area contributed by atoms with Crippen LogP contribution >= 0.6 is 15.9 Å². The summed E-state index contributed by atoms with van der Waals surface area (Å²) in [5, 5.41) is 1.01. The summed E-state index contributed by atoms with van der Waals surface area (Å²) in [5.41, 5.74) is 0. The second-order valence-corrected chi connectivity index (χ2v) is 3.70. The molecule has 1 rings (SSSR count). The van der Waals surface area contributed by atoms with Gasteiger partial charge in [0.2, 0.25) is 0 Å². The molecule has 1 aliphatic carbocycles. The lowest BCUT2D eigenvalue weighted by Gasteiger charge is -2.06. The van der Waals surface area contributed by atoms with Gasteiger partial charge in [0.15, 0.2) is 0 Å². The number of ether oxygens (including phenoxy) is 1. The molecule has 0 aromatic rings. The third-order valence-corrected chi connectivity index (χ3v) is 3.21. The van der Waals surface area contributed by atoms with Crippen molar-refractivity contribution in [1.82, 2.24) is 0 Å². The van der Waals surface area contributed by atoms with E-state index in [0.29, 0.717) is 5.92 Å². The molecule has 1 saturated carbocycles. The van der Waals surface area contributed by atoms with E-state index in [0.717, 1.165) is 24.6 Å². The highest BCUT2D eigenvalue weighted by atomic mass is 79.9. The first-order valence-electron chi connectivity index (χ1n) is 3.91. The summed E-state index contributed by atoms with van der Waals surface area (Å²) in [6.45, 7) is 0. The normalized spacial score (nSPS) is 30.4. The number of alkyl halides is 1. The molecule has 64 valence electrons. The smallest absolute Gasteiger partial charge is 0.308 e. The molecule has 1 aliphatic rings. The second kappa shape index (κ2) is 4.10. The molecule has 2 nitrogen and oxygen atoms in total. The molecule has 0 amide bonds. The summed E-state index contributed by atoms with van der Waals surface area (Å²) in [6, 6.07) is 0. The largest absolute Gasteiger partial charge is 0.469 e. The second-order valence-electron chi connectivity index (χ2n) is 3.05. The molecule has 0 N–H and O–H groups in total. The van der Waals surface area contributed by atoms with E-state index in [1.807, 2.05) is 0 Å². The minimum Gasteiger partial charge on any atom is -0.469 e. The number of hydrogen-bond donors (Lipinski definition) is 0. The van der Waals surface area contributed by atoms with Crippen LogP contribution in [-0.4, -0.2) is 18.4 Å². The Hall–Kier alpha value is -0.0500. The van der Waals surface area contributed by atoms with Gasteiger partial charge in [-0.2, -0.15) is 0 Å². The fourth-order valence-electron chi connectivity index (χ4n) is 1.60. The highest BCUT2D eigenvalue weighted by molar-refractivity contribution is 9.09. The molecule has 0 heterocycles. The molecule has 0 aromatic heterocycles. The van der Waals surface area contributed by atoms with Crippen molar-refractivity contribution in [1.29, 1.82) is 0 Å². The van der Waals surface area contributed by atoms with Crippen LogP contribution in [-0.2, 0) is 9.53 Å². The Bertz CT molecular complexity index is 147. The number of esters is 1. The average Bonchev–Trinajstić information content (AvgIpc) is 2.50. The maximum atomic E-state index is 11.0. The maximum absolute atomic E-state index is 11.0. The Balaban J connectivity index is 2.35. The van der Waals surface area contributed by atoms with Crippen LogP contribution in [0.4, 0.5) is 0 Å². The first-order valence-corrected chi connectivity index (χ1v) is 5.04. The fourth-order valence-corrected chi connectivity index (χ4v) is 2.18. The molecule has 0 radical (unpaired) electrons. The van der Waals surface area contributed by atoms with Crippen LogP contribution in [0.1, 0.15) is 19.3 Å². The van der Waals surface area contributed by atoms with Crippen LogP contribution in [0, 0.1) is 11.8 Å². The lowest BCUT2D eigenvalue weighted by atomic mass is 10.1. The standard InChI is InChI=1S/C8H13BrO2/c1-11-8(10)7-3-2-6(4-7)5-9/h6-7H,2-5H2,1H3. The van der Waals surface area contributed by atoms with Gasteiger partial charge >= 0.3 is 5.97 Å². The Labute approximate surface area is 75.4 Å². The minimum absolute atomic E-state index is 0.0338. The summed E-state index contributed by atoms with van der Waals surface area (Å²) in [6.07, 6.45) is 3.16. The Morgan fingerprint density at radius 3 is 2.82 bits per heavy atom. The Kier molecular flexibility index (Phi) is 3.37. The molecule has 2 unspecified atom stereocenters. The molecule has 0 aromatic carbocycles. The predicted molar refractivity (Wildman–Crippen MR) is 46.6 cm³/mol. The van der Waals surface area contributed by atoms with Crippen molar-refractivity contribution >= 4 is 21.9 Å². The van der Waals surface area contributed by atoms with E-state index in [9.17, 15) is 4.79 Å². The van der Waals surface area contributed by atoms with Crippen LogP contribution in [0.15, 0.2) is 0 Å². The molecule has 3 heteroatoms. The van der Waals surface area contributed by atoms with Crippen molar-refractivity contribution in [2.45, 2.75) is 19.3 Å². The van der Waals surface area contributed by atoms with E-state index < -0.39 is 0 Å². The van der Waals surface area contributed by atoms with Gasteiger partial charge < -0.3 is 4.74 Å². The lowest BCUT2D eigenvalue weighted by molar-refractivity contribution is -0.145. The van der Waals surface area contributed by atoms with Crippen LogP contribution in [0.3, 0.4) is 0 Å². The van der Waals surface area contributed by atoms with E-state index in [2.05, 4.69) is 20.7 Å². The zero-order valence-electron chi connectivity index (χ0n) is 6.68.